The lowest BCUT2D eigenvalue weighted by molar-refractivity contribution is -0.140. The number of aliphatic carboxylic acids is 1. The van der Waals surface area contributed by atoms with Gasteiger partial charge in [0.25, 0.3) is 0 Å². The molecule has 5 nitrogen and oxygen atoms in total. The van der Waals surface area contributed by atoms with Crippen LogP contribution in [0.4, 0.5) is 0 Å². The fraction of sp³-hybridized carbons (Fsp3) is 0.600. The second-order valence-corrected chi connectivity index (χ2v) is 6.14. The molecule has 1 amide bonds. The van der Waals surface area contributed by atoms with E-state index in [9.17, 15) is 9.59 Å². The minimum atomic E-state index is -0.890. The average Bonchev–Trinajstić information content (AvgIpc) is 2.75. The van der Waals surface area contributed by atoms with Gasteiger partial charge < -0.3 is 14.8 Å². The normalized spacial score (nSPS) is 24.9. The van der Waals surface area contributed by atoms with E-state index in [0.717, 1.165) is 18.6 Å². The van der Waals surface area contributed by atoms with Crippen molar-refractivity contribution in [2.45, 2.75) is 39.7 Å². The predicted molar refractivity (Wildman–Crippen MR) is 73.0 cm³/mol. The van der Waals surface area contributed by atoms with E-state index in [1.807, 2.05) is 32.9 Å². The molecule has 0 radical (unpaired) electrons. The summed E-state index contributed by atoms with van der Waals surface area (Å²) < 4.78 is 5.24. The minimum absolute atomic E-state index is 0.00144. The number of carboxylic acids is 1. The molecule has 2 rings (SSSR count). The molecule has 0 bridgehead atoms. The summed E-state index contributed by atoms with van der Waals surface area (Å²) in [5.41, 5.74) is -0.448. The first-order valence-corrected chi connectivity index (χ1v) is 6.89. The fourth-order valence-corrected chi connectivity index (χ4v) is 2.81. The summed E-state index contributed by atoms with van der Waals surface area (Å²) >= 11 is 0. The van der Waals surface area contributed by atoms with Gasteiger partial charge in [0.15, 0.2) is 0 Å². The monoisotopic (exact) mass is 279 g/mol. The molecule has 1 heterocycles. The fourth-order valence-electron chi connectivity index (χ4n) is 2.81. The van der Waals surface area contributed by atoms with Crippen molar-refractivity contribution >= 4 is 11.9 Å². The summed E-state index contributed by atoms with van der Waals surface area (Å²) in [6.45, 7) is 5.57. The number of furan rings is 1. The van der Waals surface area contributed by atoms with Gasteiger partial charge in [0.05, 0.1) is 18.1 Å². The molecule has 1 unspecified atom stereocenters. The Kier molecular flexibility index (Phi) is 3.88. The summed E-state index contributed by atoms with van der Waals surface area (Å²) in [5.74, 6) is -1.15. The molecule has 1 aliphatic rings. The molecule has 1 aliphatic carbocycles. The average molecular weight is 279 g/mol. The molecule has 0 aliphatic heterocycles. The van der Waals surface area contributed by atoms with E-state index in [2.05, 4.69) is 5.32 Å². The Hall–Kier alpha value is -1.78. The van der Waals surface area contributed by atoms with E-state index >= 15 is 0 Å². The Morgan fingerprint density at radius 1 is 1.45 bits per heavy atom. The molecule has 20 heavy (non-hydrogen) atoms. The van der Waals surface area contributed by atoms with Gasteiger partial charge in [-0.15, -0.1) is 0 Å². The highest BCUT2D eigenvalue weighted by Crippen LogP contribution is 2.58. The van der Waals surface area contributed by atoms with Crippen LogP contribution in [0.2, 0.25) is 0 Å². The van der Waals surface area contributed by atoms with E-state index in [1.165, 1.54) is 0 Å². The quantitative estimate of drug-likeness (QED) is 0.835. The van der Waals surface area contributed by atoms with Gasteiger partial charge in [-0.3, -0.25) is 9.59 Å². The van der Waals surface area contributed by atoms with E-state index < -0.39 is 23.2 Å². The van der Waals surface area contributed by atoms with Crippen LogP contribution in [0.3, 0.4) is 0 Å². The Balaban J connectivity index is 1.81. The number of carbonyl (C=O) groups excluding carboxylic acids is 1. The Labute approximate surface area is 118 Å². The number of hydrogen-bond donors (Lipinski definition) is 2. The van der Waals surface area contributed by atoms with E-state index in [1.54, 1.807) is 6.26 Å². The number of nitrogens with one attached hydrogen (secondary N) is 1. The van der Waals surface area contributed by atoms with Crippen LogP contribution in [-0.4, -0.2) is 23.0 Å². The van der Waals surface area contributed by atoms with Crippen LogP contribution in [0, 0.1) is 17.3 Å². The van der Waals surface area contributed by atoms with E-state index in [4.69, 9.17) is 9.52 Å². The highest BCUT2D eigenvalue weighted by Gasteiger charge is 2.65. The van der Waals surface area contributed by atoms with Crippen molar-refractivity contribution < 1.29 is 19.1 Å². The van der Waals surface area contributed by atoms with E-state index in [0.29, 0.717) is 0 Å². The predicted octanol–water partition coefficient (Wildman–Crippen LogP) is 2.07. The first-order chi connectivity index (χ1) is 9.34. The lowest BCUT2D eigenvalue weighted by Gasteiger charge is -2.13. The summed E-state index contributed by atoms with van der Waals surface area (Å²) in [4.78, 5) is 23.2. The molecule has 2 N–H and O–H groups in total. The standard InChI is InChI=1S/C15H21NO4/c1-9(6-7-10-5-4-8-20-10)16-13(17)11-12(14(18)19)15(11,2)3/h4-5,8-9,11-12H,6-7H2,1-3H3,(H,16,17)(H,18,19)/t9?,11-,12+/m1/s1. The van der Waals surface area contributed by atoms with Gasteiger partial charge in [0.2, 0.25) is 5.91 Å². The molecule has 5 heteroatoms. The summed E-state index contributed by atoms with van der Waals surface area (Å²) in [5, 5.41) is 12.0. The van der Waals surface area contributed by atoms with Gasteiger partial charge in [-0.1, -0.05) is 13.8 Å². The van der Waals surface area contributed by atoms with Crippen LogP contribution in [0.5, 0.6) is 0 Å². The topological polar surface area (TPSA) is 79.5 Å². The zero-order valence-electron chi connectivity index (χ0n) is 12.1. The molecular weight excluding hydrogens is 258 g/mol. The number of hydrogen-bond acceptors (Lipinski definition) is 3. The van der Waals surface area contributed by atoms with Crippen molar-refractivity contribution in [1.82, 2.24) is 5.32 Å². The van der Waals surface area contributed by atoms with Gasteiger partial charge in [-0.25, -0.2) is 0 Å². The molecular formula is C15H21NO4. The molecule has 1 fully saturated rings. The highest BCUT2D eigenvalue weighted by atomic mass is 16.4. The second-order valence-electron chi connectivity index (χ2n) is 6.14. The zero-order chi connectivity index (χ0) is 14.9. The lowest BCUT2D eigenvalue weighted by atomic mass is 10.1. The summed E-state index contributed by atoms with van der Waals surface area (Å²) in [6, 6.07) is 3.74. The largest absolute Gasteiger partial charge is 0.481 e. The zero-order valence-corrected chi connectivity index (χ0v) is 12.1. The third kappa shape index (κ3) is 2.86. The van der Waals surface area contributed by atoms with Crippen molar-refractivity contribution in [3.8, 4) is 0 Å². The first-order valence-electron chi connectivity index (χ1n) is 6.89. The van der Waals surface area contributed by atoms with Crippen molar-refractivity contribution in [2.75, 3.05) is 0 Å². The van der Waals surface area contributed by atoms with Crippen LogP contribution in [0.15, 0.2) is 22.8 Å². The highest BCUT2D eigenvalue weighted by molar-refractivity contribution is 5.91. The van der Waals surface area contributed by atoms with E-state index in [-0.39, 0.29) is 11.9 Å². The van der Waals surface area contributed by atoms with Crippen LogP contribution in [-0.2, 0) is 16.0 Å². The number of rotatable bonds is 6. The third-order valence-electron chi connectivity index (χ3n) is 4.17. The second kappa shape index (κ2) is 5.31. The van der Waals surface area contributed by atoms with Gasteiger partial charge in [-0.2, -0.15) is 0 Å². The molecule has 1 aromatic heterocycles. The van der Waals surface area contributed by atoms with Gasteiger partial charge in [0.1, 0.15) is 5.76 Å². The number of aryl methyl sites for hydroxylation is 1. The maximum atomic E-state index is 12.1. The summed E-state index contributed by atoms with van der Waals surface area (Å²) in [7, 11) is 0. The van der Waals surface area contributed by atoms with Crippen molar-refractivity contribution in [2.24, 2.45) is 17.3 Å². The Bertz CT molecular complexity index is 492. The van der Waals surface area contributed by atoms with Crippen LogP contribution in [0.25, 0.3) is 0 Å². The minimum Gasteiger partial charge on any atom is -0.481 e. The molecule has 1 saturated carbocycles. The molecule has 110 valence electrons. The number of amides is 1. The third-order valence-corrected chi connectivity index (χ3v) is 4.17. The van der Waals surface area contributed by atoms with Gasteiger partial charge in [-0.05, 0) is 30.9 Å². The molecule has 0 saturated heterocycles. The van der Waals surface area contributed by atoms with Crippen LogP contribution >= 0.6 is 0 Å². The number of carboxylic acid groups (broad SMARTS) is 1. The van der Waals surface area contributed by atoms with Crippen LogP contribution in [0.1, 0.15) is 33.0 Å². The molecule has 1 aromatic rings. The maximum absolute atomic E-state index is 12.1. The first kappa shape index (κ1) is 14.6. The lowest BCUT2D eigenvalue weighted by Crippen LogP contribution is -2.35. The molecule has 0 aromatic carbocycles. The summed E-state index contributed by atoms with van der Waals surface area (Å²) in [6.07, 6.45) is 3.15. The number of carbonyl (C=O) groups is 2. The van der Waals surface area contributed by atoms with Gasteiger partial charge >= 0.3 is 5.97 Å². The molecule has 0 spiro atoms. The van der Waals surface area contributed by atoms with Crippen molar-refractivity contribution in [1.29, 1.82) is 0 Å². The van der Waals surface area contributed by atoms with Crippen molar-refractivity contribution in [3.05, 3.63) is 24.2 Å². The van der Waals surface area contributed by atoms with Gasteiger partial charge in [0, 0.05) is 12.5 Å². The Morgan fingerprint density at radius 3 is 2.65 bits per heavy atom. The SMILES string of the molecule is CC(CCc1ccco1)NC(=O)[C@H]1[C@@H](C(=O)O)C1(C)C. The maximum Gasteiger partial charge on any atom is 0.307 e. The van der Waals surface area contributed by atoms with Crippen LogP contribution < -0.4 is 5.32 Å². The molecule has 3 atom stereocenters. The Morgan fingerprint density at radius 2 is 2.15 bits per heavy atom. The van der Waals surface area contributed by atoms with Crippen molar-refractivity contribution in [3.63, 3.8) is 0 Å². The smallest absolute Gasteiger partial charge is 0.307 e.